The number of benzene rings is 2. The predicted molar refractivity (Wildman–Crippen MR) is 104 cm³/mol. The molecule has 0 amide bonds. The largest absolute Gasteiger partial charge is 0.456 e. The second-order valence-electron chi connectivity index (χ2n) is 4.55. The predicted octanol–water partition coefficient (Wildman–Crippen LogP) is 7.80. The van der Waals surface area contributed by atoms with E-state index < -0.39 is 11.7 Å². The van der Waals surface area contributed by atoms with Crippen molar-refractivity contribution >= 4 is 27.6 Å². The van der Waals surface area contributed by atoms with E-state index in [1.807, 2.05) is 33.8 Å². The number of alkyl halides is 3. The molecule has 2 aromatic carbocycles. The third kappa shape index (κ3) is 5.33. The van der Waals surface area contributed by atoms with Crippen LogP contribution in [0, 0.1) is 0 Å². The molecule has 26 heavy (non-hydrogen) atoms. The third-order valence-corrected chi connectivity index (χ3v) is 3.90. The zero-order chi connectivity index (χ0) is 19.7. The van der Waals surface area contributed by atoms with Crippen molar-refractivity contribution in [2.45, 2.75) is 33.9 Å². The van der Waals surface area contributed by atoms with Crippen molar-refractivity contribution in [2.24, 2.45) is 0 Å². The van der Waals surface area contributed by atoms with Gasteiger partial charge in [-0.2, -0.15) is 13.2 Å². The molecule has 0 aliphatic rings. The van der Waals surface area contributed by atoms with Crippen LogP contribution in [0.3, 0.4) is 0 Å². The molecule has 0 N–H and O–H groups in total. The summed E-state index contributed by atoms with van der Waals surface area (Å²) in [5.74, 6) is 0.597. The SMILES string of the molecule is C=Cc1cc(Oc2cccc(C(F)(F)F)c2)c2scnc2c1.CC.CC. The molecule has 0 aliphatic carbocycles. The second-order valence-corrected chi connectivity index (χ2v) is 5.41. The Morgan fingerprint density at radius 2 is 1.77 bits per heavy atom. The van der Waals surface area contributed by atoms with E-state index in [2.05, 4.69) is 11.6 Å². The smallest absolute Gasteiger partial charge is 0.416 e. The van der Waals surface area contributed by atoms with Crippen molar-refractivity contribution in [3.05, 3.63) is 59.6 Å². The number of halogens is 3. The number of fused-ring (bicyclic) bond motifs is 1. The van der Waals surface area contributed by atoms with Crippen molar-refractivity contribution in [3.8, 4) is 11.5 Å². The first-order chi connectivity index (χ1) is 12.5. The molecule has 2 nitrogen and oxygen atoms in total. The van der Waals surface area contributed by atoms with Crippen LogP contribution in [0.2, 0.25) is 0 Å². The van der Waals surface area contributed by atoms with Gasteiger partial charge in [0.2, 0.25) is 0 Å². The van der Waals surface area contributed by atoms with Crippen LogP contribution in [-0.4, -0.2) is 4.98 Å². The van der Waals surface area contributed by atoms with Gasteiger partial charge in [-0.15, -0.1) is 11.3 Å². The van der Waals surface area contributed by atoms with Crippen LogP contribution in [0.25, 0.3) is 16.3 Å². The first-order valence-corrected chi connectivity index (χ1v) is 9.20. The normalized spacial score (nSPS) is 10.3. The fraction of sp³-hybridized carbons (Fsp3) is 0.250. The number of hydrogen-bond acceptors (Lipinski definition) is 3. The summed E-state index contributed by atoms with van der Waals surface area (Å²) in [5.41, 5.74) is 2.44. The fourth-order valence-corrected chi connectivity index (χ4v) is 2.74. The molecule has 0 fully saturated rings. The van der Waals surface area contributed by atoms with E-state index in [0.29, 0.717) is 5.75 Å². The summed E-state index contributed by atoms with van der Waals surface area (Å²) in [5, 5.41) is 0. The van der Waals surface area contributed by atoms with Gasteiger partial charge in [-0.25, -0.2) is 4.98 Å². The van der Waals surface area contributed by atoms with Gasteiger partial charge in [0.25, 0.3) is 0 Å². The number of ether oxygens (including phenoxy) is 1. The molecule has 0 aliphatic heterocycles. The molecule has 0 atom stereocenters. The highest BCUT2D eigenvalue weighted by Gasteiger charge is 2.30. The highest BCUT2D eigenvalue weighted by atomic mass is 32.1. The van der Waals surface area contributed by atoms with Gasteiger partial charge in [0.05, 0.1) is 21.3 Å². The van der Waals surface area contributed by atoms with Gasteiger partial charge in [0.15, 0.2) is 0 Å². The molecule has 3 rings (SSSR count). The van der Waals surface area contributed by atoms with Crippen LogP contribution in [0.4, 0.5) is 13.2 Å². The van der Waals surface area contributed by atoms with Crippen molar-refractivity contribution in [1.29, 1.82) is 0 Å². The summed E-state index contributed by atoms with van der Waals surface area (Å²) in [4.78, 5) is 4.20. The minimum atomic E-state index is -4.40. The van der Waals surface area contributed by atoms with Crippen molar-refractivity contribution < 1.29 is 17.9 Å². The molecule has 0 spiro atoms. The van der Waals surface area contributed by atoms with Crippen LogP contribution in [-0.2, 0) is 6.18 Å². The van der Waals surface area contributed by atoms with Crippen LogP contribution >= 0.6 is 11.3 Å². The topological polar surface area (TPSA) is 22.1 Å². The highest BCUT2D eigenvalue weighted by Crippen LogP contribution is 2.36. The minimum absolute atomic E-state index is 0.130. The molecule has 1 heterocycles. The van der Waals surface area contributed by atoms with Gasteiger partial charge >= 0.3 is 6.18 Å². The van der Waals surface area contributed by atoms with E-state index in [1.165, 1.54) is 23.5 Å². The Morgan fingerprint density at radius 3 is 2.38 bits per heavy atom. The summed E-state index contributed by atoms with van der Waals surface area (Å²) < 4.78 is 44.7. The number of rotatable bonds is 3. The molecule has 0 saturated heterocycles. The lowest BCUT2D eigenvalue weighted by Crippen LogP contribution is -2.04. The molecule has 3 aromatic rings. The molecular weight excluding hydrogens is 359 g/mol. The fourth-order valence-electron chi connectivity index (χ4n) is 2.01. The summed E-state index contributed by atoms with van der Waals surface area (Å²) >= 11 is 1.37. The Kier molecular flexibility index (Phi) is 8.32. The number of thiazole rings is 1. The van der Waals surface area contributed by atoms with Crippen LogP contribution in [0.15, 0.2) is 48.5 Å². The Morgan fingerprint density at radius 1 is 1.08 bits per heavy atom. The maximum atomic E-state index is 12.8. The van der Waals surface area contributed by atoms with Crippen LogP contribution in [0.1, 0.15) is 38.8 Å². The molecular formula is C20H22F3NOS. The molecule has 0 radical (unpaired) electrons. The van der Waals surface area contributed by atoms with Gasteiger partial charge in [0, 0.05) is 0 Å². The molecule has 140 valence electrons. The van der Waals surface area contributed by atoms with Crippen molar-refractivity contribution in [3.63, 3.8) is 0 Å². The Hall–Kier alpha value is -2.34. The third-order valence-electron chi connectivity index (χ3n) is 3.04. The summed E-state index contributed by atoms with van der Waals surface area (Å²) in [7, 11) is 0. The lowest BCUT2D eigenvalue weighted by atomic mass is 10.2. The van der Waals surface area contributed by atoms with Crippen LogP contribution in [0.5, 0.6) is 11.5 Å². The molecule has 0 unspecified atom stereocenters. The van der Waals surface area contributed by atoms with Gasteiger partial charge in [-0.1, -0.05) is 46.4 Å². The first kappa shape index (κ1) is 21.7. The number of hydrogen-bond donors (Lipinski definition) is 0. The van der Waals surface area contributed by atoms with Crippen molar-refractivity contribution in [1.82, 2.24) is 4.98 Å². The molecule has 6 heteroatoms. The molecule has 1 aromatic heterocycles. The Labute approximate surface area is 156 Å². The summed E-state index contributed by atoms with van der Waals surface area (Å²) in [6, 6.07) is 8.37. The van der Waals surface area contributed by atoms with E-state index >= 15 is 0 Å². The van der Waals surface area contributed by atoms with Crippen molar-refractivity contribution in [2.75, 3.05) is 0 Å². The summed E-state index contributed by atoms with van der Waals surface area (Å²) in [6.45, 7) is 11.7. The van der Waals surface area contributed by atoms with Gasteiger partial charge in [-0.3, -0.25) is 0 Å². The highest BCUT2D eigenvalue weighted by molar-refractivity contribution is 7.17. The van der Waals surface area contributed by atoms with Gasteiger partial charge < -0.3 is 4.74 Å². The minimum Gasteiger partial charge on any atom is -0.456 e. The molecule has 0 bridgehead atoms. The van der Waals surface area contributed by atoms with E-state index in [0.717, 1.165) is 27.9 Å². The second kappa shape index (κ2) is 9.97. The summed E-state index contributed by atoms with van der Waals surface area (Å²) in [6.07, 6.45) is -2.76. The van der Waals surface area contributed by atoms with E-state index in [-0.39, 0.29) is 5.75 Å². The van der Waals surface area contributed by atoms with Gasteiger partial charge in [0.1, 0.15) is 11.5 Å². The monoisotopic (exact) mass is 381 g/mol. The average Bonchev–Trinajstić information content (AvgIpc) is 3.13. The first-order valence-electron chi connectivity index (χ1n) is 8.32. The zero-order valence-corrected chi connectivity index (χ0v) is 16.0. The number of nitrogens with zero attached hydrogens (tertiary/aromatic N) is 1. The zero-order valence-electron chi connectivity index (χ0n) is 15.2. The standard InChI is InChI=1S/C16H10F3NOS.2C2H6/c1-2-10-6-13-15(22-9-20-13)14(7-10)21-12-5-3-4-11(8-12)16(17,18)19;2*1-2/h2-9H,1H2;2*1-2H3. The maximum absolute atomic E-state index is 12.8. The lowest BCUT2D eigenvalue weighted by Gasteiger charge is -2.11. The van der Waals surface area contributed by atoms with E-state index in [4.69, 9.17) is 4.74 Å². The van der Waals surface area contributed by atoms with E-state index in [1.54, 1.807) is 17.7 Å². The maximum Gasteiger partial charge on any atom is 0.416 e. The van der Waals surface area contributed by atoms with E-state index in [9.17, 15) is 13.2 Å². The van der Waals surface area contributed by atoms with Crippen LogP contribution < -0.4 is 4.74 Å². The Bertz CT molecular complexity index is 840. The Balaban J connectivity index is 0.000000791. The molecule has 0 saturated carbocycles. The van der Waals surface area contributed by atoms with Gasteiger partial charge in [-0.05, 0) is 35.9 Å². The quantitative estimate of drug-likeness (QED) is 0.462. The number of aromatic nitrogens is 1. The average molecular weight is 381 g/mol. The lowest BCUT2D eigenvalue weighted by molar-refractivity contribution is -0.137.